The van der Waals surface area contributed by atoms with Crippen molar-refractivity contribution in [2.24, 2.45) is 16.8 Å². The van der Waals surface area contributed by atoms with Crippen molar-refractivity contribution in [3.05, 3.63) is 0 Å². The van der Waals surface area contributed by atoms with Gasteiger partial charge in [-0.05, 0) is 18.8 Å². The van der Waals surface area contributed by atoms with Gasteiger partial charge in [0.2, 0.25) is 0 Å². The van der Waals surface area contributed by atoms with Gasteiger partial charge in [0.25, 0.3) is 0 Å². The number of nitrogens with zero attached hydrogens (tertiary/aromatic N) is 1. The molecule has 0 amide bonds. The first-order chi connectivity index (χ1) is 6.77. The molecule has 0 aromatic heterocycles. The van der Waals surface area contributed by atoms with Crippen LogP contribution in [0, 0.1) is 5.92 Å². The molecule has 0 aromatic carbocycles. The molecular weight excluding hydrogens is 180 g/mol. The molecule has 4 nitrogen and oxygen atoms in total. The average molecular weight is 200 g/mol. The highest BCUT2D eigenvalue weighted by Crippen LogP contribution is 2.28. The maximum absolute atomic E-state index is 8.37. The number of hydrogen-bond donors (Lipinski definition) is 2. The van der Waals surface area contributed by atoms with Gasteiger partial charge in [-0.2, -0.15) is 0 Å². The van der Waals surface area contributed by atoms with Crippen LogP contribution >= 0.6 is 0 Å². The number of rotatable bonds is 4. The fourth-order valence-corrected chi connectivity index (χ4v) is 2.08. The first-order valence-electron chi connectivity index (χ1n) is 5.36. The Morgan fingerprint density at radius 2 is 2.21 bits per heavy atom. The van der Waals surface area contributed by atoms with Gasteiger partial charge < -0.3 is 15.7 Å². The predicted molar refractivity (Wildman–Crippen MR) is 55.4 cm³/mol. The molecule has 0 saturated heterocycles. The molecule has 0 heterocycles. The summed E-state index contributed by atoms with van der Waals surface area (Å²) in [6.07, 6.45) is 6.35. The van der Waals surface area contributed by atoms with E-state index < -0.39 is 0 Å². The third-order valence-electron chi connectivity index (χ3n) is 2.94. The zero-order valence-corrected chi connectivity index (χ0v) is 8.78. The molecule has 0 radical (unpaired) electrons. The summed E-state index contributed by atoms with van der Waals surface area (Å²) >= 11 is 0. The standard InChI is InChI=1S/C10H20N2O2/c1-2-8-5-3-4-6-9(8)14-7-10(11)12-13/h8-9,13H,2-7H2,1H3,(H2,11,12). The maximum atomic E-state index is 8.37. The molecule has 14 heavy (non-hydrogen) atoms. The summed E-state index contributed by atoms with van der Waals surface area (Å²) < 4.78 is 5.62. The Balaban J connectivity index is 2.33. The Morgan fingerprint density at radius 3 is 2.86 bits per heavy atom. The summed E-state index contributed by atoms with van der Waals surface area (Å²) in [5.74, 6) is 0.806. The second-order valence-corrected chi connectivity index (χ2v) is 3.89. The molecule has 0 bridgehead atoms. The lowest BCUT2D eigenvalue weighted by atomic mass is 9.85. The summed E-state index contributed by atoms with van der Waals surface area (Å²) in [5.41, 5.74) is 5.35. The van der Waals surface area contributed by atoms with E-state index in [0.29, 0.717) is 12.0 Å². The van der Waals surface area contributed by atoms with Crippen LogP contribution in [-0.4, -0.2) is 23.8 Å². The molecule has 1 aliphatic carbocycles. The maximum Gasteiger partial charge on any atom is 0.165 e. The fraction of sp³-hybridized carbons (Fsp3) is 0.900. The molecule has 0 spiro atoms. The van der Waals surface area contributed by atoms with Crippen molar-refractivity contribution >= 4 is 5.84 Å². The molecule has 82 valence electrons. The van der Waals surface area contributed by atoms with Gasteiger partial charge in [0.1, 0.15) is 6.61 Å². The van der Waals surface area contributed by atoms with Crippen molar-refractivity contribution in [3.8, 4) is 0 Å². The van der Waals surface area contributed by atoms with Gasteiger partial charge >= 0.3 is 0 Å². The Hall–Kier alpha value is -0.770. The van der Waals surface area contributed by atoms with E-state index in [1.807, 2.05) is 0 Å². The Kier molecular flexibility index (Phi) is 4.73. The van der Waals surface area contributed by atoms with Gasteiger partial charge in [-0.1, -0.05) is 31.3 Å². The normalized spacial score (nSPS) is 29.1. The molecule has 2 atom stereocenters. The third kappa shape index (κ3) is 3.18. The SMILES string of the molecule is CCC1CCCCC1OC/C(N)=N/O. The topological polar surface area (TPSA) is 67.8 Å². The Morgan fingerprint density at radius 1 is 1.50 bits per heavy atom. The zero-order valence-electron chi connectivity index (χ0n) is 8.78. The van der Waals surface area contributed by atoms with E-state index in [1.54, 1.807) is 0 Å². The molecule has 0 aromatic rings. The van der Waals surface area contributed by atoms with Crippen molar-refractivity contribution in [2.75, 3.05) is 6.61 Å². The summed E-state index contributed by atoms with van der Waals surface area (Å²) in [4.78, 5) is 0. The second kappa shape index (κ2) is 5.86. The van der Waals surface area contributed by atoms with Crippen LogP contribution in [0.1, 0.15) is 39.0 Å². The van der Waals surface area contributed by atoms with E-state index in [-0.39, 0.29) is 12.4 Å². The minimum atomic E-state index is 0.158. The summed E-state index contributed by atoms with van der Waals surface area (Å²) in [6, 6.07) is 0. The predicted octanol–water partition coefficient (Wildman–Crippen LogP) is 1.72. The Labute approximate surface area is 85.1 Å². The highest BCUT2D eigenvalue weighted by atomic mass is 16.5. The van der Waals surface area contributed by atoms with Gasteiger partial charge in [-0.25, -0.2) is 0 Å². The van der Waals surface area contributed by atoms with E-state index in [0.717, 1.165) is 12.8 Å². The van der Waals surface area contributed by atoms with Crippen LogP contribution in [0.25, 0.3) is 0 Å². The van der Waals surface area contributed by atoms with Crippen LogP contribution in [0.4, 0.5) is 0 Å². The molecule has 4 heteroatoms. The van der Waals surface area contributed by atoms with Gasteiger partial charge in [-0.15, -0.1) is 0 Å². The number of oxime groups is 1. The first-order valence-corrected chi connectivity index (χ1v) is 5.36. The first kappa shape index (κ1) is 11.3. The van der Waals surface area contributed by atoms with Crippen molar-refractivity contribution in [1.82, 2.24) is 0 Å². The van der Waals surface area contributed by atoms with Gasteiger partial charge in [0.05, 0.1) is 6.10 Å². The quantitative estimate of drug-likeness (QED) is 0.314. The molecule has 1 aliphatic rings. The number of hydrogen-bond acceptors (Lipinski definition) is 3. The minimum Gasteiger partial charge on any atom is -0.409 e. The second-order valence-electron chi connectivity index (χ2n) is 3.89. The van der Waals surface area contributed by atoms with Crippen molar-refractivity contribution < 1.29 is 9.94 Å². The third-order valence-corrected chi connectivity index (χ3v) is 2.94. The Bertz CT molecular complexity index is 195. The van der Waals surface area contributed by atoms with Crippen molar-refractivity contribution in [1.29, 1.82) is 0 Å². The van der Waals surface area contributed by atoms with Crippen LogP contribution in [0.2, 0.25) is 0 Å². The lowest BCUT2D eigenvalue weighted by Gasteiger charge is -2.30. The lowest BCUT2D eigenvalue weighted by molar-refractivity contribution is 0.00670. The van der Waals surface area contributed by atoms with Crippen LogP contribution in [0.15, 0.2) is 5.16 Å². The van der Waals surface area contributed by atoms with Crippen LogP contribution in [0.5, 0.6) is 0 Å². The minimum absolute atomic E-state index is 0.158. The van der Waals surface area contributed by atoms with E-state index in [1.165, 1.54) is 19.3 Å². The smallest absolute Gasteiger partial charge is 0.165 e. The van der Waals surface area contributed by atoms with E-state index in [9.17, 15) is 0 Å². The number of amidine groups is 1. The van der Waals surface area contributed by atoms with Crippen LogP contribution in [0.3, 0.4) is 0 Å². The van der Waals surface area contributed by atoms with Crippen molar-refractivity contribution in [3.63, 3.8) is 0 Å². The average Bonchev–Trinajstić information content (AvgIpc) is 2.26. The largest absolute Gasteiger partial charge is 0.409 e. The van der Waals surface area contributed by atoms with Gasteiger partial charge in [0, 0.05) is 0 Å². The summed E-state index contributed by atoms with van der Waals surface area (Å²) in [6.45, 7) is 2.44. The van der Waals surface area contributed by atoms with E-state index >= 15 is 0 Å². The monoisotopic (exact) mass is 200 g/mol. The molecule has 2 unspecified atom stereocenters. The molecule has 3 N–H and O–H groups in total. The highest BCUT2D eigenvalue weighted by molar-refractivity contribution is 5.80. The highest BCUT2D eigenvalue weighted by Gasteiger charge is 2.24. The van der Waals surface area contributed by atoms with E-state index in [4.69, 9.17) is 15.7 Å². The fourth-order valence-electron chi connectivity index (χ4n) is 2.08. The number of nitrogens with two attached hydrogens (primary N) is 1. The van der Waals surface area contributed by atoms with Crippen LogP contribution in [-0.2, 0) is 4.74 Å². The van der Waals surface area contributed by atoms with Crippen LogP contribution < -0.4 is 5.73 Å². The van der Waals surface area contributed by atoms with Crippen molar-refractivity contribution in [2.45, 2.75) is 45.1 Å². The molecule has 0 aliphatic heterocycles. The van der Waals surface area contributed by atoms with E-state index in [2.05, 4.69) is 12.1 Å². The lowest BCUT2D eigenvalue weighted by Crippen LogP contribution is -2.31. The summed E-state index contributed by atoms with van der Waals surface area (Å²) in [7, 11) is 0. The number of ether oxygens (including phenoxy) is 1. The summed E-state index contributed by atoms with van der Waals surface area (Å²) in [5, 5.41) is 11.3. The molecular formula is C10H20N2O2. The molecule has 1 fully saturated rings. The molecule has 1 saturated carbocycles. The molecule has 1 rings (SSSR count). The zero-order chi connectivity index (χ0) is 10.4. The van der Waals surface area contributed by atoms with Gasteiger partial charge in [-0.3, -0.25) is 0 Å². The van der Waals surface area contributed by atoms with Gasteiger partial charge in [0.15, 0.2) is 5.84 Å².